The minimum atomic E-state index is 0.840. The number of nitrogens with zero attached hydrogens (tertiary/aromatic N) is 1. The minimum Gasteiger partial charge on any atom is -0.497 e. The Morgan fingerprint density at radius 1 is 1.33 bits per heavy atom. The van der Waals surface area contributed by atoms with Gasteiger partial charge in [0.05, 0.1) is 7.11 Å². The van der Waals surface area contributed by atoms with Crippen molar-refractivity contribution in [2.24, 2.45) is 0 Å². The summed E-state index contributed by atoms with van der Waals surface area (Å²) in [6, 6.07) is 7.97. The lowest BCUT2D eigenvalue weighted by Crippen LogP contribution is -2.03. The highest BCUT2D eigenvalue weighted by Crippen LogP contribution is 2.12. The number of benzene rings is 1. The third kappa shape index (κ3) is 2.75. The van der Waals surface area contributed by atoms with Crippen LogP contribution in [-0.4, -0.2) is 18.5 Å². The van der Waals surface area contributed by atoms with Crippen LogP contribution in [0.1, 0.15) is 5.56 Å². The number of rotatable bonds is 3. The van der Waals surface area contributed by atoms with E-state index in [4.69, 9.17) is 4.74 Å². The van der Waals surface area contributed by atoms with Gasteiger partial charge in [0.1, 0.15) is 5.75 Å². The van der Waals surface area contributed by atoms with Crippen molar-refractivity contribution in [3.8, 4) is 5.75 Å². The summed E-state index contributed by atoms with van der Waals surface area (Å²) in [6.07, 6.45) is 0. The van der Waals surface area contributed by atoms with Crippen LogP contribution in [0.5, 0.6) is 5.75 Å². The van der Waals surface area contributed by atoms with Crippen LogP contribution in [0.4, 0.5) is 0 Å². The van der Waals surface area contributed by atoms with Gasteiger partial charge in [-0.15, -0.1) is 0 Å². The van der Waals surface area contributed by atoms with Gasteiger partial charge in [-0.2, -0.15) is 0 Å². The molecule has 0 saturated heterocycles. The molecule has 66 valence electrons. The summed E-state index contributed by atoms with van der Waals surface area (Å²) >= 11 is 4.16. The number of methoxy groups -OCH3 is 1. The highest BCUT2D eigenvalue weighted by Gasteiger charge is 1.95. The molecule has 0 aliphatic heterocycles. The van der Waals surface area contributed by atoms with Crippen LogP contribution in [0.3, 0.4) is 0 Å². The van der Waals surface area contributed by atoms with E-state index >= 15 is 0 Å². The van der Waals surface area contributed by atoms with Crippen molar-refractivity contribution in [1.82, 2.24) is 4.31 Å². The van der Waals surface area contributed by atoms with E-state index in [1.54, 1.807) is 7.11 Å². The Hall–Kier alpha value is -0.670. The first-order valence-electron chi connectivity index (χ1n) is 3.75. The number of hydrogen-bond acceptors (Lipinski definition) is 3. The summed E-state index contributed by atoms with van der Waals surface area (Å²) in [5.41, 5.74) is 1.23. The maximum Gasteiger partial charge on any atom is 0.118 e. The molecule has 0 aliphatic carbocycles. The van der Waals surface area contributed by atoms with Crippen molar-refractivity contribution in [3.05, 3.63) is 29.8 Å². The van der Waals surface area contributed by atoms with Crippen molar-refractivity contribution < 1.29 is 4.74 Å². The predicted octanol–water partition coefficient (Wildman–Crippen LogP) is 1.97. The van der Waals surface area contributed by atoms with Crippen LogP contribution in [-0.2, 0) is 6.54 Å². The molecular weight excluding hydrogens is 170 g/mol. The van der Waals surface area contributed by atoms with E-state index in [-0.39, 0.29) is 0 Å². The molecule has 0 spiro atoms. The lowest BCUT2D eigenvalue weighted by atomic mass is 10.2. The van der Waals surface area contributed by atoms with Crippen LogP contribution in [0.25, 0.3) is 0 Å². The number of thiol groups is 1. The maximum atomic E-state index is 5.04. The van der Waals surface area contributed by atoms with E-state index in [2.05, 4.69) is 12.8 Å². The zero-order valence-electron chi connectivity index (χ0n) is 7.32. The Labute approximate surface area is 78.7 Å². The Balaban J connectivity index is 2.65. The summed E-state index contributed by atoms with van der Waals surface area (Å²) in [6.45, 7) is 0.840. The number of ether oxygens (including phenoxy) is 1. The fourth-order valence-electron chi connectivity index (χ4n) is 0.995. The van der Waals surface area contributed by atoms with Gasteiger partial charge in [0.15, 0.2) is 0 Å². The largest absolute Gasteiger partial charge is 0.497 e. The molecule has 3 heteroatoms. The first-order chi connectivity index (χ1) is 5.72. The predicted molar refractivity (Wildman–Crippen MR) is 53.4 cm³/mol. The molecule has 2 nitrogen and oxygen atoms in total. The molecule has 0 aliphatic rings. The standard InChI is InChI=1S/C9H13NOS/c1-10(12)7-8-3-5-9(11-2)6-4-8/h3-6,12H,7H2,1-2H3. The van der Waals surface area contributed by atoms with Gasteiger partial charge in [-0.1, -0.05) is 24.9 Å². The van der Waals surface area contributed by atoms with Crippen LogP contribution in [0, 0.1) is 0 Å². The molecule has 0 N–H and O–H groups in total. The minimum absolute atomic E-state index is 0.840. The second kappa shape index (κ2) is 4.38. The topological polar surface area (TPSA) is 12.5 Å². The van der Waals surface area contributed by atoms with Gasteiger partial charge in [-0.05, 0) is 24.7 Å². The van der Waals surface area contributed by atoms with Crippen LogP contribution >= 0.6 is 12.8 Å². The molecule has 0 unspecified atom stereocenters. The van der Waals surface area contributed by atoms with E-state index in [9.17, 15) is 0 Å². The fraction of sp³-hybridized carbons (Fsp3) is 0.333. The lowest BCUT2D eigenvalue weighted by Gasteiger charge is -2.08. The molecular formula is C9H13NOS. The van der Waals surface area contributed by atoms with Gasteiger partial charge in [0, 0.05) is 6.54 Å². The summed E-state index contributed by atoms with van der Waals surface area (Å²) in [5, 5.41) is 0. The molecule has 1 aromatic rings. The molecule has 0 atom stereocenters. The average molecular weight is 183 g/mol. The highest BCUT2D eigenvalue weighted by molar-refractivity contribution is 7.77. The second-order valence-corrected chi connectivity index (χ2v) is 3.35. The molecule has 1 rings (SSSR count). The van der Waals surface area contributed by atoms with Gasteiger partial charge in [-0.3, -0.25) is 4.31 Å². The van der Waals surface area contributed by atoms with Gasteiger partial charge in [-0.25, -0.2) is 0 Å². The molecule has 0 fully saturated rings. The first-order valence-corrected chi connectivity index (χ1v) is 4.15. The molecule has 0 saturated carbocycles. The van der Waals surface area contributed by atoms with Crippen molar-refractivity contribution >= 4 is 12.8 Å². The molecule has 12 heavy (non-hydrogen) atoms. The fourth-order valence-corrected chi connectivity index (χ4v) is 1.16. The average Bonchev–Trinajstić information content (AvgIpc) is 2.05. The van der Waals surface area contributed by atoms with Gasteiger partial charge in [0.2, 0.25) is 0 Å². The quantitative estimate of drug-likeness (QED) is 0.719. The van der Waals surface area contributed by atoms with Crippen molar-refractivity contribution in [2.75, 3.05) is 14.2 Å². The maximum absolute atomic E-state index is 5.04. The van der Waals surface area contributed by atoms with E-state index in [0.717, 1.165) is 12.3 Å². The zero-order chi connectivity index (χ0) is 8.97. The molecule has 0 bridgehead atoms. The summed E-state index contributed by atoms with van der Waals surface area (Å²) in [7, 11) is 3.59. The normalized spacial score (nSPS) is 10.3. The van der Waals surface area contributed by atoms with Crippen molar-refractivity contribution in [2.45, 2.75) is 6.54 Å². The number of hydrogen-bond donors (Lipinski definition) is 1. The van der Waals surface area contributed by atoms with Crippen molar-refractivity contribution in [1.29, 1.82) is 0 Å². The third-order valence-electron chi connectivity index (χ3n) is 1.57. The first kappa shape index (κ1) is 9.42. The molecule has 0 amide bonds. The highest BCUT2D eigenvalue weighted by atomic mass is 32.1. The lowest BCUT2D eigenvalue weighted by molar-refractivity contribution is 0.414. The summed E-state index contributed by atoms with van der Waals surface area (Å²) in [5.74, 6) is 0.889. The van der Waals surface area contributed by atoms with E-state index < -0.39 is 0 Å². The van der Waals surface area contributed by atoms with E-state index in [0.29, 0.717) is 0 Å². The van der Waals surface area contributed by atoms with E-state index in [1.165, 1.54) is 5.56 Å². The molecule has 0 heterocycles. The molecule has 1 aromatic carbocycles. The Bertz CT molecular complexity index is 233. The second-order valence-electron chi connectivity index (χ2n) is 2.66. The van der Waals surface area contributed by atoms with E-state index in [1.807, 2.05) is 35.6 Å². The van der Waals surface area contributed by atoms with Crippen LogP contribution in [0.2, 0.25) is 0 Å². The summed E-state index contributed by atoms with van der Waals surface area (Å²) < 4.78 is 6.88. The molecule has 0 radical (unpaired) electrons. The Morgan fingerprint density at radius 3 is 2.33 bits per heavy atom. The smallest absolute Gasteiger partial charge is 0.118 e. The van der Waals surface area contributed by atoms with Crippen LogP contribution < -0.4 is 4.74 Å². The van der Waals surface area contributed by atoms with Gasteiger partial charge >= 0.3 is 0 Å². The Kier molecular flexibility index (Phi) is 3.44. The molecule has 0 aromatic heterocycles. The van der Waals surface area contributed by atoms with Gasteiger partial charge in [0.25, 0.3) is 0 Å². The van der Waals surface area contributed by atoms with Gasteiger partial charge < -0.3 is 4.74 Å². The summed E-state index contributed by atoms with van der Waals surface area (Å²) in [4.78, 5) is 0. The SMILES string of the molecule is COc1ccc(CN(C)S)cc1. The van der Waals surface area contributed by atoms with Crippen molar-refractivity contribution in [3.63, 3.8) is 0 Å². The zero-order valence-corrected chi connectivity index (χ0v) is 8.21. The van der Waals surface area contributed by atoms with Crippen LogP contribution in [0.15, 0.2) is 24.3 Å². The third-order valence-corrected chi connectivity index (χ3v) is 1.71. The monoisotopic (exact) mass is 183 g/mol. The Morgan fingerprint density at radius 2 is 1.92 bits per heavy atom.